The molecule has 2 aliphatic rings. The van der Waals surface area contributed by atoms with Crippen LogP contribution in [0.15, 0.2) is 16.6 Å². The second-order valence-electron chi connectivity index (χ2n) is 6.06. The summed E-state index contributed by atoms with van der Waals surface area (Å²) in [4.78, 5) is 12.3. The van der Waals surface area contributed by atoms with E-state index in [4.69, 9.17) is 4.74 Å². The number of hydrogen-bond acceptors (Lipinski definition) is 2. The van der Waals surface area contributed by atoms with Crippen LogP contribution in [-0.4, -0.2) is 12.5 Å². The van der Waals surface area contributed by atoms with E-state index in [0.717, 1.165) is 41.7 Å². The molecule has 1 amide bonds. The number of carbonyl (C=O) groups excluding carboxylic acids is 1. The number of ether oxygens (including phenoxy) is 1. The second kappa shape index (κ2) is 6.82. The van der Waals surface area contributed by atoms with Crippen molar-refractivity contribution < 1.29 is 9.53 Å². The van der Waals surface area contributed by atoms with Crippen molar-refractivity contribution in [3.05, 3.63) is 27.7 Å². The van der Waals surface area contributed by atoms with Gasteiger partial charge in [-0.15, -0.1) is 0 Å². The van der Waals surface area contributed by atoms with Gasteiger partial charge in [-0.05, 0) is 30.5 Å². The Morgan fingerprint density at radius 3 is 2.76 bits per heavy atom. The predicted octanol–water partition coefficient (Wildman–Crippen LogP) is 3.97. The van der Waals surface area contributed by atoms with E-state index in [0.29, 0.717) is 6.54 Å². The van der Waals surface area contributed by atoms with Gasteiger partial charge in [-0.3, -0.25) is 4.79 Å². The van der Waals surface area contributed by atoms with Crippen LogP contribution in [0.2, 0.25) is 0 Å². The van der Waals surface area contributed by atoms with Crippen LogP contribution in [0.5, 0.6) is 5.75 Å². The lowest BCUT2D eigenvalue weighted by Gasteiger charge is -2.15. The highest BCUT2D eigenvalue weighted by molar-refractivity contribution is 9.10. The molecule has 0 saturated heterocycles. The summed E-state index contributed by atoms with van der Waals surface area (Å²) in [6, 6.07) is 4.16. The van der Waals surface area contributed by atoms with Crippen LogP contribution >= 0.6 is 15.9 Å². The van der Waals surface area contributed by atoms with Gasteiger partial charge in [0, 0.05) is 28.9 Å². The third-order valence-corrected chi connectivity index (χ3v) is 4.96. The van der Waals surface area contributed by atoms with Gasteiger partial charge in [0.25, 0.3) is 0 Å². The minimum Gasteiger partial charge on any atom is -0.493 e. The molecule has 0 bridgehead atoms. The van der Waals surface area contributed by atoms with Crippen LogP contribution in [0.25, 0.3) is 0 Å². The minimum absolute atomic E-state index is 0.202. The molecule has 21 heavy (non-hydrogen) atoms. The number of rotatable bonds is 3. The summed E-state index contributed by atoms with van der Waals surface area (Å²) in [5.74, 6) is 1.39. The topological polar surface area (TPSA) is 38.3 Å². The zero-order chi connectivity index (χ0) is 14.7. The number of hydrogen-bond donors (Lipinski definition) is 1. The van der Waals surface area contributed by atoms with E-state index in [2.05, 4.69) is 33.4 Å². The molecule has 4 heteroatoms. The van der Waals surface area contributed by atoms with Crippen LogP contribution in [0.1, 0.15) is 49.7 Å². The molecule has 1 N–H and O–H groups in total. The van der Waals surface area contributed by atoms with Gasteiger partial charge in [-0.2, -0.15) is 0 Å². The molecule has 0 spiro atoms. The first kappa shape index (κ1) is 14.9. The molecule has 0 aromatic heterocycles. The highest BCUT2D eigenvalue weighted by atomic mass is 79.9. The molecule has 114 valence electrons. The summed E-state index contributed by atoms with van der Waals surface area (Å²) in [5.41, 5.74) is 2.32. The molecule has 1 aromatic rings. The van der Waals surface area contributed by atoms with Crippen molar-refractivity contribution in [1.82, 2.24) is 5.32 Å². The molecule has 1 aliphatic heterocycles. The van der Waals surface area contributed by atoms with Crippen molar-refractivity contribution in [3.63, 3.8) is 0 Å². The lowest BCUT2D eigenvalue weighted by atomic mass is 9.99. The molecule has 3 rings (SSSR count). The van der Waals surface area contributed by atoms with Crippen LogP contribution in [0, 0.1) is 5.92 Å². The Bertz CT molecular complexity index is 522. The summed E-state index contributed by atoms with van der Waals surface area (Å²) in [6.07, 6.45) is 7.96. The van der Waals surface area contributed by atoms with Crippen LogP contribution in [0.3, 0.4) is 0 Å². The summed E-state index contributed by atoms with van der Waals surface area (Å²) in [6.45, 7) is 1.31. The Hall–Kier alpha value is -1.03. The fourth-order valence-electron chi connectivity index (χ4n) is 3.35. The van der Waals surface area contributed by atoms with Crippen LogP contribution in [0.4, 0.5) is 0 Å². The number of carbonyl (C=O) groups is 1. The minimum atomic E-state index is 0.202. The van der Waals surface area contributed by atoms with Gasteiger partial charge in [0.15, 0.2) is 0 Å². The lowest BCUT2D eigenvalue weighted by Crippen LogP contribution is -2.30. The van der Waals surface area contributed by atoms with E-state index in [1.54, 1.807) is 0 Å². The quantitative estimate of drug-likeness (QED) is 0.836. The Labute approximate surface area is 134 Å². The molecule has 3 nitrogen and oxygen atoms in total. The number of amides is 1. The lowest BCUT2D eigenvalue weighted by molar-refractivity contribution is -0.125. The van der Waals surface area contributed by atoms with E-state index in [-0.39, 0.29) is 11.8 Å². The highest BCUT2D eigenvalue weighted by Crippen LogP contribution is 2.33. The first-order valence-corrected chi connectivity index (χ1v) is 8.75. The van der Waals surface area contributed by atoms with Gasteiger partial charge in [0.2, 0.25) is 5.91 Å². The molecule has 1 heterocycles. The fraction of sp³-hybridized carbons (Fsp3) is 0.588. The van der Waals surface area contributed by atoms with E-state index in [1.165, 1.54) is 31.2 Å². The fourth-order valence-corrected chi connectivity index (χ4v) is 3.90. The zero-order valence-electron chi connectivity index (χ0n) is 12.3. The molecule has 1 saturated carbocycles. The molecule has 0 radical (unpaired) electrons. The largest absolute Gasteiger partial charge is 0.493 e. The van der Waals surface area contributed by atoms with E-state index >= 15 is 0 Å². The van der Waals surface area contributed by atoms with E-state index < -0.39 is 0 Å². The third kappa shape index (κ3) is 3.60. The first-order valence-electron chi connectivity index (χ1n) is 7.96. The summed E-state index contributed by atoms with van der Waals surface area (Å²) in [7, 11) is 0. The number of nitrogens with one attached hydrogen (secondary N) is 1. The van der Waals surface area contributed by atoms with E-state index in [1.807, 2.05) is 0 Å². The summed E-state index contributed by atoms with van der Waals surface area (Å²) in [5, 5.41) is 3.11. The van der Waals surface area contributed by atoms with Crippen LogP contribution < -0.4 is 10.1 Å². The van der Waals surface area contributed by atoms with Gasteiger partial charge < -0.3 is 10.1 Å². The molecule has 1 aromatic carbocycles. The SMILES string of the molecule is O=C(NCc1cc(Br)cc2c1OCC2)C1CCCCCC1. The maximum Gasteiger partial charge on any atom is 0.223 e. The molecule has 1 fully saturated rings. The van der Waals surface area contributed by atoms with Crippen LogP contribution in [-0.2, 0) is 17.8 Å². The Kier molecular flexibility index (Phi) is 4.84. The first-order chi connectivity index (χ1) is 10.2. The monoisotopic (exact) mass is 351 g/mol. The Morgan fingerprint density at radius 1 is 1.24 bits per heavy atom. The summed E-state index contributed by atoms with van der Waals surface area (Å²) < 4.78 is 6.77. The normalized spacial score (nSPS) is 18.7. The Balaban J connectivity index is 1.63. The number of halogens is 1. The second-order valence-corrected chi connectivity index (χ2v) is 6.97. The molecule has 0 atom stereocenters. The summed E-state index contributed by atoms with van der Waals surface area (Å²) >= 11 is 3.54. The number of benzene rings is 1. The average Bonchev–Trinajstić information content (AvgIpc) is 2.77. The average molecular weight is 352 g/mol. The van der Waals surface area contributed by atoms with Gasteiger partial charge >= 0.3 is 0 Å². The molecular weight excluding hydrogens is 330 g/mol. The highest BCUT2D eigenvalue weighted by Gasteiger charge is 2.21. The standard InChI is InChI=1S/C17H22BrNO2/c18-15-9-13-7-8-21-16(13)14(10-15)11-19-17(20)12-5-3-1-2-4-6-12/h9-10,12H,1-8,11H2,(H,19,20). The van der Waals surface area contributed by atoms with Crippen molar-refractivity contribution >= 4 is 21.8 Å². The van der Waals surface area contributed by atoms with Crippen molar-refractivity contribution in [1.29, 1.82) is 0 Å². The van der Waals surface area contributed by atoms with Crippen molar-refractivity contribution in [3.8, 4) is 5.75 Å². The van der Waals surface area contributed by atoms with Gasteiger partial charge in [0.1, 0.15) is 5.75 Å². The Morgan fingerprint density at radius 2 is 2.00 bits per heavy atom. The molecule has 0 unspecified atom stereocenters. The van der Waals surface area contributed by atoms with E-state index in [9.17, 15) is 4.79 Å². The molecule has 1 aliphatic carbocycles. The smallest absolute Gasteiger partial charge is 0.223 e. The zero-order valence-corrected chi connectivity index (χ0v) is 13.9. The predicted molar refractivity (Wildman–Crippen MR) is 86.4 cm³/mol. The maximum absolute atomic E-state index is 12.3. The van der Waals surface area contributed by atoms with Crippen molar-refractivity contribution in [2.24, 2.45) is 5.92 Å². The number of fused-ring (bicyclic) bond motifs is 1. The van der Waals surface area contributed by atoms with Crippen molar-refractivity contribution in [2.45, 2.75) is 51.5 Å². The van der Waals surface area contributed by atoms with Crippen molar-refractivity contribution in [2.75, 3.05) is 6.61 Å². The van der Waals surface area contributed by atoms with Gasteiger partial charge in [-0.1, -0.05) is 41.6 Å². The van der Waals surface area contributed by atoms with Gasteiger partial charge in [-0.25, -0.2) is 0 Å². The van der Waals surface area contributed by atoms with Gasteiger partial charge in [0.05, 0.1) is 6.61 Å². The molecular formula is C17H22BrNO2. The maximum atomic E-state index is 12.3. The third-order valence-electron chi connectivity index (χ3n) is 4.50.